The molecule has 0 amide bonds. The fourth-order valence-corrected chi connectivity index (χ4v) is 2.37. The highest BCUT2D eigenvalue weighted by Crippen LogP contribution is 2.21. The predicted octanol–water partition coefficient (Wildman–Crippen LogP) is 2.88. The minimum absolute atomic E-state index is 0.886. The molecule has 15 heavy (non-hydrogen) atoms. The number of nitrogens with one attached hydrogen (secondary N) is 2. The van der Waals surface area contributed by atoms with Crippen molar-refractivity contribution in [2.75, 3.05) is 19.6 Å². The second kappa shape index (κ2) is 8.11. The Hall–Kier alpha value is -0.0900. The molecule has 0 aliphatic rings. The fraction of sp³-hybridized carbons (Fsp3) is 0.636. The molecule has 0 saturated carbocycles. The zero-order valence-electron chi connectivity index (χ0n) is 9.18. The first-order chi connectivity index (χ1) is 7.34. The van der Waals surface area contributed by atoms with Crippen LogP contribution in [0.15, 0.2) is 11.4 Å². The molecule has 0 bridgehead atoms. The molecule has 2 N–H and O–H groups in total. The van der Waals surface area contributed by atoms with Crippen LogP contribution in [0.25, 0.3) is 0 Å². The zero-order valence-corrected chi connectivity index (χ0v) is 10.8. The molecular weight excluding hydrogens is 228 g/mol. The minimum Gasteiger partial charge on any atom is -0.317 e. The summed E-state index contributed by atoms with van der Waals surface area (Å²) in [5.41, 5.74) is 0. The van der Waals surface area contributed by atoms with E-state index in [0.29, 0.717) is 0 Å². The third kappa shape index (κ3) is 5.52. The lowest BCUT2D eigenvalue weighted by molar-refractivity contribution is 0.594. The van der Waals surface area contributed by atoms with E-state index < -0.39 is 0 Å². The van der Waals surface area contributed by atoms with E-state index in [1.165, 1.54) is 17.7 Å². The van der Waals surface area contributed by atoms with Crippen LogP contribution in [0.4, 0.5) is 0 Å². The molecule has 1 heterocycles. The van der Waals surface area contributed by atoms with Crippen molar-refractivity contribution >= 4 is 22.9 Å². The van der Waals surface area contributed by atoms with Gasteiger partial charge in [0.1, 0.15) is 0 Å². The molecule has 0 radical (unpaired) electrons. The highest BCUT2D eigenvalue weighted by atomic mass is 35.5. The van der Waals surface area contributed by atoms with Gasteiger partial charge in [0.25, 0.3) is 0 Å². The van der Waals surface area contributed by atoms with Crippen molar-refractivity contribution in [2.24, 2.45) is 0 Å². The SMILES string of the molecule is CCCNCCCNCc1sccc1Cl. The summed E-state index contributed by atoms with van der Waals surface area (Å²) in [5.74, 6) is 0. The normalized spacial score (nSPS) is 10.8. The molecule has 86 valence electrons. The largest absolute Gasteiger partial charge is 0.317 e. The summed E-state index contributed by atoms with van der Waals surface area (Å²) in [4.78, 5) is 1.23. The van der Waals surface area contributed by atoms with Crippen molar-refractivity contribution in [3.05, 3.63) is 21.3 Å². The van der Waals surface area contributed by atoms with Crippen LogP contribution >= 0.6 is 22.9 Å². The van der Waals surface area contributed by atoms with Gasteiger partial charge in [-0.05, 0) is 43.9 Å². The van der Waals surface area contributed by atoms with Crippen molar-refractivity contribution in [3.8, 4) is 0 Å². The average Bonchev–Trinajstić information content (AvgIpc) is 2.63. The van der Waals surface area contributed by atoms with Crippen molar-refractivity contribution in [2.45, 2.75) is 26.3 Å². The topological polar surface area (TPSA) is 24.1 Å². The van der Waals surface area contributed by atoms with E-state index in [4.69, 9.17) is 11.6 Å². The number of thiophene rings is 1. The van der Waals surface area contributed by atoms with Crippen molar-refractivity contribution in [1.82, 2.24) is 10.6 Å². The highest BCUT2D eigenvalue weighted by molar-refractivity contribution is 7.10. The Labute approximate surface area is 101 Å². The van der Waals surface area contributed by atoms with Crippen LogP contribution < -0.4 is 10.6 Å². The lowest BCUT2D eigenvalue weighted by atomic mass is 10.4. The standard InChI is InChI=1S/C11H19ClN2S/c1-2-5-13-6-3-7-14-9-11-10(12)4-8-15-11/h4,8,13-14H,2-3,5-7,9H2,1H3. The number of hydrogen-bond acceptors (Lipinski definition) is 3. The smallest absolute Gasteiger partial charge is 0.0558 e. The van der Waals surface area contributed by atoms with Crippen molar-refractivity contribution in [1.29, 1.82) is 0 Å². The van der Waals surface area contributed by atoms with Crippen LogP contribution in [0.1, 0.15) is 24.6 Å². The predicted molar refractivity (Wildman–Crippen MR) is 68.8 cm³/mol. The summed E-state index contributed by atoms with van der Waals surface area (Å²) in [6.45, 7) is 6.34. The maximum absolute atomic E-state index is 5.98. The Balaban J connectivity index is 1.96. The molecule has 1 aromatic rings. The number of hydrogen-bond donors (Lipinski definition) is 2. The Morgan fingerprint density at radius 1 is 1.27 bits per heavy atom. The van der Waals surface area contributed by atoms with E-state index in [2.05, 4.69) is 17.6 Å². The molecule has 4 heteroatoms. The maximum atomic E-state index is 5.98. The molecule has 0 aliphatic heterocycles. The Bertz CT molecular complexity index is 263. The highest BCUT2D eigenvalue weighted by Gasteiger charge is 1.99. The van der Waals surface area contributed by atoms with Crippen LogP contribution in [0.3, 0.4) is 0 Å². The van der Waals surface area contributed by atoms with E-state index in [1.54, 1.807) is 11.3 Å². The van der Waals surface area contributed by atoms with Gasteiger partial charge in [-0.2, -0.15) is 0 Å². The minimum atomic E-state index is 0.886. The van der Waals surface area contributed by atoms with E-state index in [9.17, 15) is 0 Å². The molecule has 2 nitrogen and oxygen atoms in total. The summed E-state index contributed by atoms with van der Waals surface area (Å²) >= 11 is 7.69. The summed E-state index contributed by atoms with van der Waals surface area (Å²) in [6, 6.07) is 1.95. The van der Waals surface area contributed by atoms with Gasteiger partial charge in [-0.1, -0.05) is 18.5 Å². The van der Waals surface area contributed by atoms with Crippen LogP contribution in [-0.4, -0.2) is 19.6 Å². The first kappa shape index (κ1) is 13.0. The monoisotopic (exact) mass is 246 g/mol. The van der Waals surface area contributed by atoms with Gasteiger partial charge in [-0.25, -0.2) is 0 Å². The number of halogens is 1. The molecule has 1 aromatic heterocycles. The molecule has 0 saturated heterocycles. The molecule has 1 rings (SSSR count). The summed E-state index contributed by atoms with van der Waals surface area (Å²) < 4.78 is 0. The Morgan fingerprint density at radius 2 is 2.07 bits per heavy atom. The second-order valence-electron chi connectivity index (χ2n) is 3.47. The van der Waals surface area contributed by atoms with Gasteiger partial charge in [-0.15, -0.1) is 11.3 Å². The quantitative estimate of drug-likeness (QED) is 0.690. The van der Waals surface area contributed by atoms with E-state index in [1.807, 2.05) is 11.4 Å². The van der Waals surface area contributed by atoms with E-state index in [0.717, 1.165) is 31.2 Å². The van der Waals surface area contributed by atoms with Crippen molar-refractivity contribution < 1.29 is 0 Å². The molecular formula is C11H19ClN2S. The van der Waals surface area contributed by atoms with E-state index >= 15 is 0 Å². The van der Waals surface area contributed by atoms with Gasteiger partial charge in [-0.3, -0.25) is 0 Å². The summed E-state index contributed by atoms with van der Waals surface area (Å²) in [7, 11) is 0. The lowest BCUT2D eigenvalue weighted by Crippen LogP contribution is -2.22. The first-order valence-corrected chi connectivity index (χ1v) is 6.73. The van der Waals surface area contributed by atoms with Crippen molar-refractivity contribution in [3.63, 3.8) is 0 Å². The maximum Gasteiger partial charge on any atom is 0.0558 e. The van der Waals surface area contributed by atoms with Crippen LogP contribution in [-0.2, 0) is 6.54 Å². The molecule has 0 fully saturated rings. The van der Waals surface area contributed by atoms with Gasteiger partial charge in [0.15, 0.2) is 0 Å². The van der Waals surface area contributed by atoms with Gasteiger partial charge in [0.05, 0.1) is 5.02 Å². The Morgan fingerprint density at radius 3 is 2.73 bits per heavy atom. The van der Waals surface area contributed by atoms with Gasteiger partial charge in [0, 0.05) is 11.4 Å². The summed E-state index contributed by atoms with van der Waals surface area (Å²) in [5, 5.41) is 9.68. The number of rotatable bonds is 8. The molecule has 0 unspecified atom stereocenters. The van der Waals surface area contributed by atoms with E-state index in [-0.39, 0.29) is 0 Å². The van der Waals surface area contributed by atoms with Crippen LogP contribution in [0, 0.1) is 0 Å². The third-order valence-corrected chi connectivity index (χ3v) is 3.50. The fourth-order valence-electron chi connectivity index (χ4n) is 1.29. The first-order valence-electron chi connectivity index (χ1n) is 5.48. The molecule has 0 spiro atoms. The third-order valence-electron chi connectivity index (χ3n) is 2.11. The Kier molecular flexibility index (Phi) is 7.01. The molecule has 0 aromatic carbocycles. The van der Waals surface area contributed by atoms with Gasteiger partial charge >= 0.3 is 0 Å². The molecule has 0 atom stereocenters. The van der Waals surface area contributed by atoms with Crippen LogP contribution in [0.2, 0.25) is 5.02 Å². The average molecular weight is 247 g/mol. The second-order valence-corrected chi connectivity index (χ2v) is 4.88. The van der Waals surface area contributed by atoms with Crippen LogP contribution in [0.5, 0.6) is 0 Å². The zero-order chi connectivity index (χ0) is 10.9. The summed E-state index contributed by atoms with van der Waals surface area (Å²) in [6.07, 6.45) is 2.38. The molecule has 0 aliphatic carbocycles. The van der Waals surface area contributed by atoms with Gasteiger partial charge in [0.2, 0.25) is 0 Å². The lowest BCUT2D eigenvalue weighted by Gasteiger charge is -2.04. The van der Waals surface area contributed by atoms with Gasteiger partial charge < -0.3 is 10.6 Å².